The second-order valence-corrected chi connectivity index (χ2v) is 3.91. The molecule has 0 saturated carbocycles. The first-order valence-corrected chi connectivity index (χ1v) is 5.12. The molecule has 2 rings (SSSR count). The third kappa shape index (κ3) is 1.91. The van der Waals surface area contributed by atoms with Gasteiger partial charge in [-0.3, -0.25) is 0 Å². The van der Waals surface area contributed by atoms with Crippen LogP contribution in [0.25, 0.3) is 0 Å². The molecule has 0 unspecified atom stereocenters. The Balaban J connectivity index is 2.21. The van der Waals surface area contributed by atoms with Crippen LogP contribution >= 0.6 is 11.8 Å². The lowest BCUT2D eigenvalue weighted by atomic mass is 10.5. The van der Waals surface area contributed by atoms with E-state index >= 15 is 0 Å². The number of rotatable bonds is 3. The smallest absolute Gasteiger partial charge is 0.357 e. The van der Waals surface area contributed by atoms with Crippen molar-refractivity contribution in [1.82, 2.24) is 19.7 Å². The van der Waals surface area contributed by atoms with Crippen LogP contribution in [0.2, 0.25) is 0 Å². The van der Waals surface area contributed by atoms with Gasteiger partial charge >= 0.3 is 5.97 Å². The van der Waals surface area contributed by atoms with Gasteiger partial charge in [0.1, 0.15) is 12.1 Å². The van der Waals surface area contributed by atoms with Gasteiger partial charge in [-0.05, 0) is 6.92 Å². The van der Waals surface area contributed by atoms with E-state index in [2.05, 4.69) is 15.2 Å². The Kier molecular flexibility index (Phi) is 2.65. The van der Waals surface area contributed by atoms with Crippen molar-refractivity contribution in [1.29, 1.82) is 0 Å². The first-order chi connectivity index (χ1) is 7.58. The fraction of sp³-hybridized carbons (Fsp3) is 0.250. The van der Waals surface area contributed by atoms with Gasteiger partial charge in [0.25, 0.3) is 5.22 Å². The number of aromatic carboxylic acids is 1. The fourth-order valence-electron chi connectivity index (χ4n) is 0.957. The van der Waals surface area contributed by atoms with Gasteiger partial charge in [0, 0.05) is 18.8 Å². The molecule has 0 radical (unpaired) electrons. The van der Waals surface area contributed by atoms with Crippen LogP contribution in [0.3, 0.4) is 0 Å². The maximum atomic E-state index is 10.6. The van der Waals surface area contributed by atoms with Crippen molar-refractivity contribution in [3.05, 3.63) is 17.8 Å². The zero-order chi connectivity index (χ0) is 11.7. The molecular weight excluding hydrogens is 232 g/mol. The van der Waals surface area contributed by atoms with E-state index in [1.807, 2.05) is 6.92 Å². The molecule has 16 heavy (non-hydrogen) atoms. The normalized spacial score (nSPS) is 10.6. The minimum Gasteiger partial charge on any atom is -0.476 e. The Morgan fingerprint density at radius 1 is 1.56 bits per heavy atom. The van der Waals surface area contributed by atoms with E-state index in [0.29, 0.717) is 5.16 Å². The van der Waals surface area contributed by atoms with Crippen molar-refractivity contribution < 1.29 is 14.3 Å². The molecule has 0 aromatic carbocycles. The van der Waals surface area contributed by atoms with Crippen molar-refractivity contribution in [3.63, 3.8) is 0 Å². The quantitative estimate of drug-likeness (QED) is 0.853. The summed E-state index contributed by atoms with van der Waals surface area (Å²) in [6.07, 6.45) is 1.09. The number of hydrogen-bond acceptors (Lipinski definition) is 6. The number of hydrogen-bond donors (Lipinski definition) is 1. The summed E-state index contributed by atoms with van der Waals surface area (Å²) >= 11 is 1.12. The zero-order valence-corrected chi connectivity index (χ0v) is 9.35. The van der Waals surface area contributed by atoms with E-state index < -0.39 is 5.97 Å². The Labute approximate surface area is 94.5 Å². The zero-order valence-electron chi connectivity index (χ0n) is 8.54. The molecule has 0 bridgehead atoms. The lowest BCUT2D eigenvalue weighted by molar-refractivity contribution is 0.0690. The second-order valence-electron chi connectivity index (χ2n) is 2.99. The second kappa shape index (κ2) is 3.97. The van der Waals surface area contributed by atoms with Crippen LogP contribution in [-0.2, 0) is 7.05 Å². The topological polar surface area (TPSA) is 94.0 Å². The van der Waals surface area contributed by atoms with E-state index in [0.717, 1.165) is 23.8 Å². The largest absolute Gasteiger partial charge is 0.476 e. The Hall–Kier alpha value is -1.83. The number of aryl methyl sites for hydroxylation is 1. The molecule has 0 aliphatic carbocycles. The minimum atomic E-state index is -1.12. The first-order valence-electron chi connectivity index (χ1n) is 4.30. The SMILES string of the molecule is Cc1nnc(Sc2nc(C(=O)O)co2)n1C. The monoisotopic (exact) mass is 240 g/mol. The van der Waals surface area contributed by atoms with Crippen LogP contribution in [0.4, 0.5) is 0 Å². The average molecular weight is 240 g/mol. The summed E-state index contributed by atoms with van der Waals surface area (Å²) in [5.41, 5.74) is -0.124. The summed E-state index contributed by atoms with van der Waals surface area (Å²) in [6.45, 7) is 1.81. The molecule has 8 heteroatoms. The van der Waals surface area contributed by atoms with Gasteiger partial charge in [0.2, 0.25) is 0 Å². The Morgan fingerprint density at radius 3 is 2.81 bits per heavy atom. The highest BCUT2D eigenvalue weighted by Crippen LogP contribution is 2.24. The molecule has 0 amide bonds. The van der Waals surface area contributed by atoms with E-state index in [4.69, 9.17) is 9.52 Å². The summed E-state index contributed by atoms with van der Waals surface area (Å²) in [5.74, 6) is -0.364. The minimum absolute atomic E-state index is 0.124. The van der Waals surface area contributed by atoms with Crippen molar-refractivity contribution in [2.24, 2.45) is 7.05 Å². The summed E-state index contributed by atoms with van der Waals surface area (Å²) in [4.78, 5) is 14.3. The molecule has 0 atom stereocenters. The van der Waals surface area contributed by atoms with Crippen molar-refractivity contribution >= 4 is 17.7 Å². The predicted octanol–water partition coefficient (Wildman–Crippen LogP) is 0.961. The van der Waals surface area contributed by atoms with Gasteiger partial charge in [-0.25, -0.2) is 4.79 Å². The molecular formula is C8H8N4O3S. The highest BCUT2D eigenvalue weighted by atomic mass is 32.2. The van der Waals surface area contributed by atoms with Crippen LogP contribution in [0.5, 0.6) is 0 Å². The van der Waals surface area contributed by atoms with Crippen LogP contribution in [0.1, 0.15) is 16.3 Å². The molecule has 0 aliphatic heterocycles. The number of carboxylic acid groups (broad SMARTS) is 1. The lowest BCUT2D eigenvalue weighted by Gasteiger charge is -1.96. The van der Waals surface area contributed by atoms with Crippen LogP contribution < -0.4 is 0 Å². The molecule has 2 aromatic rings. The van der Waals surface area contributed by atoms with Gasteiger partial charge < -0.3 is 14.1 Å². The number of aromatic nitrogens is 4. The summed E-state index contributed by atoms with van der Waals surface area (Å²) in [5, 5.41) is 17.2. The lowest BCUT2D eigenvalue weighted by Crippen LogP contribution is -1.96. The molecule has 2 heterocycles. The predicted molar refractivity (Wildman–Crippen MR) is 53.3 cm³/mol. The molecule has 1 N–H and O–H groups in total. The van der Waals surface area contributed by atoms with E-state index in [1.54, 1.807) is 11.6 Å². The fourth-order valence-corrected chi connectivity index (χ4v) is 1.70. The van der Waals surface area contributed by atoms with E-state index in [9.17, 15) is 4.79 Å². The van der Waals surface area contributed by atoms with Gasteiger partial charge in [-0.15, -0.1) is 10.2 Å². The van der Waals surface area contributed by atoms with Crippen LogP contribution in [-0.4, -0.2) is 30.8 Å². The summed E-state index contributed by atoms with van der Waals surface area (Å²) in [7, 11) is 1.80. The Morgan fingerprint density at radius 2 is 2.31 bits per heavy atom. The number of nitrogens with zero attached hydrogens (tertiary/aromatic N) is 4. The van der Waals surface area contributed by atoms with Gasteiger partial charge in [-0.2, -0.15) is 4.98 Å². The van der Waals surface area contributed by atoms with Crippen molar-refractivity contribution in [2.75, 3.05) is 0 Å². The summed E-state index contributed by atoms with van der Waals surface area (Å²) < 4.78 is 6.74. The number of carboxylic acids is 1. The molecule has 0 spiro atoms. The highest BCUT2D eigenvalue weighted by molar-refractivity contribution is 7.98. The molecule has 2 aromatic heterocycles. The Bertz CT molecular complexity index is 533. The number of oxazole rings is 1. The van der Waals surface area contributed by atoms with E-state index in [-0.39, 0.29) is 10.9 Å². The van der Waals surface area contributed by atoms with Gasteiger partial charge in [0.15, 0.2) is 10.9 Å². The maximum Gasteiger partial charge on any atom is 0.357 e. The van der Waals surface area contributed by atoms with Crippen LogP contribution in [0, 0.1) is 6.92 Å². The van der Waals surface area contributed by atoms with Gasteiger partial charge in [-0.1, -0.05) is 0 Å². The van der Waals surface area contributed by atoms with Crippen molar-refractivity contribution in [2.45, 2.75) is 17.3 Å². The standard InChI is InChI=1S/C8H8N4O3S/c1-4-10-11-7(12(4)2)16-8-9-5(3-15-8)6(13)14/h3H,1-2H3,(H,13,14). The average Bonchev–Trinajstić information content (AvgIpc) is 2.81. The molecule has 0 saturated heterocycles. The molecule has 0 aliphatic rings. The first kappa shape index (κ1) is 10.7. The van der Waals surface area contributed by atoms with E-state index in [1.165, 1.54) is 0 Å². The van der Waals surface area contributed by atoms with Crippen molar-refractivity contribution in [3.8, 4) is 0 Å². The third-order valence-electron chi connectivity index (χ3n) is 1.93. The number of carbonyl (C=O) groups is 1. The summed E-state index contributed by atoms with van der Waals surface area (Å²) in [6, 6.07) is 0. The third-order valence-corrected chi connectivity index (χ3v) is 2.83. The maximum absolute atomic E-state index is 10.6. The van der Waals surface area contributed by atoms with Gasteiger partial charge in [0.05, 0.1) is 0 Å². The highest BCUT2D eigenvalue weighted by Gasteiger charge is 2.14. The van der Waals surface area contributed by atoms with Crippen LogP contribution in [0.15, 0.2) is 21.1 Å². The molecule has 7 nitrogen and oxygen atoms in total. The molecule has 0 fully saturated rings. The molecule has 84 valence electrons.